The fourth-order valence-electron chi connectivity index (χ4n) is 1.23. The topological polar surface area (TPSA) is 67.4 Å². The van der Waals surface area contributed by atoms with Gasteiger partial charge in [-0.2, -0.15) is 0 Å². The zero-order chi connectivity index (χ0) is 13.5. The van der Waals surface area contributed by atoms with Gasteiger partial charge in [-0.15, -0.1) is 10.2 Å². The molecule has 1 atom stereocenters. The Labute approximate surface area is 115 Å². The predicted molar refractivity (Wildman–Crippen MR) is 74.4 cm³/mol. The smallest absolute Gasteiger partial charge is 0.322 e. The van der Waals surface area contributed by atoms with E-state index in [4.69, 9.17) is 4.74 Å². The van der Waals surface area contributed by atoms with Crippen LogP contribution >= 0.6 is 23.1 Å². The predicted octanol–water partition coefficient (Wildman–Crippen LogP) is 0.847. The summed E-state index contributed by atoms with van der Waals surface area (Å²) in [6.07, 6.45) is 0.699. The Balaban J connectivity index is 2.38. The van der Waals surface area contributed by atoms with E-state index in [1.54, 1.807) is 30.1 Å². The van der Waals surface area contributed by atoms with Crippen LogP contribution in [0.1, 0.15) is 6.42 Å². The molecule has 0 fully saturated rings. The minimum Gasteiger partial charge on any atom is -0.468 e. The highest BCUT2D eigenvalue weighted by molar-refractivity contribution is 8.01. The summed E-state index contributed by atoms with van der Waals surface area (Å²) in [7, 11) is 7.02. The second kappa shape index (κ2) is 7.55. The lowest BCUT2D eigenvalue weighted by molar-refractivity contribution is -0.143. The van der Waals surface area contributed by atoms with Gasteiger partial charge in [0.15, 0.2) is 4.34 Å². The number of carbonyl (C=O) groups excluding carboxylic acids is 1. The van der Waals surface area contributed by atoms with E-state index in [2.05, 4.69) is 15.5 Å². The molecule has 1 unspecified atom stereocenters. The fraction of sp³-hybridized carbons (Fsp3) is 0.700. The van der Waals surface area contributed by atoms with E-state index >= 15 is 0 Å². The minimum atomic E-state index is -0.260. The summed E-state index contributed by atoms with van der Waals surface area (Å²) in [6, 6.07) is -0.260. The van der Waals surface area contributed by atoms with Gasteiger partial charge in [0.25, 0.3) is 0 Å². The monoisotopic (exact) mass is 290 g/mol. The van der Waals surface area contributed by atoms with Gasteiger partial charge in [0, 0.05) is 19.8 Å². The molecule has 18 heavy (non-hydrogen) atoms. The van der Waals surface area contributed by atoms with E-state index in [1.807, 2.05) is 19.0 Å². The molecule has 6 nitrogen and oxygen atoms in total. The van der Waals surface area contributed by atoms with Crippen LogP contribution in [0.5, 0.6) is 0 Å². The number of nitrogens with one attached hydrogen (secondary N) is 1. The van der Waals surface area contributed by atoms with Crippen LogP contribution in [0.3, 0.4) is 0 Å². The molecule has 1 aromatic rings. The van der Waals surface area contributed by atoms with Crippen LogP contribution in [0.4, 0.5) is 5.13 Å². The van der Waals surface area contributed by atoms with E-state index in [0.717, 1.165) is 15.2 Å². The van der Waals surface area contributed by atoms with Crippen molar-refractivity contribution in [1.29, 1.82) is 0 Å². The third-order valence-electron chi connectivity index (χ3n) is 2.24. The van der Waals surface area contributed by atoms with E-state index in [-0.39, 0.29) is 12.0 Å². The molecule has 0 bridgehead atoms. The van der Waals surface area contributed by atoms with Crippen molar-refractivity contribution in [2.75, 3.05) is 38.9 Å². The Morgan fingerprint density at radius 3 is 2.78 bits per heavy atom. The van der Waals surface area contributed by atoms with Crippen LogP contribution < -0.4 is 10.2 Å². The van der Waals surface area contributed by atoms with E-state index in [1.165, 1.54) is 7.11 Å². The highest BCUT2D eigenvalue weighted by Crippen LogP contribution is 2.27. The molecule has 0 spiro atoms. The van der Waals surface area contributed by atoms with Gasteiger partial charge >= 0.3 is 5.97 Å². The number of anilines is 1. The summed E-state index contributed by atoms with van der Waals surface area (Å²) in [5.41, 5.74) is 0. The third kappa shape index (κ3) is 4.43. The standard InChI is InChI=1S/C10H18N4O2S2/c1-11-7(8(15)16-4)5-6-17-10-13-12-9(18-10)14(2)3/h7,11H,5-6H2,1-4H3. The zero-order valence-corrected chi connectivity index (χ0v) is 12.6. The molecule has 0 saturated carbocycles. The van der Waals surface area contributed by atoms with Crippen molar-refractivity contribution in [2.45, 2.75) is 16.8 Å². The summed E-state index contributed by atoms with van der Waals surface area (Å²) in [5, 5.41) is 11.9. The summed E-state index contributed by atoms with van der Waals surface area (Å²) in [4.78, 5) is 13.3. The maximum atomic E-state index is 11.4. The Morgan fingerprint density at radius 2 is 2.28 bits per heavy atom. The molecule has 0 radical (unpaired) electrons. The number of esters is 1. The molecule has 0 aromatic carbocycles. The molecule has 0 saturated heterocycles. The first-order valence-corrected chi connectivity index (χ1v) is 7.27. The summed E-state index contributed by atoms with van der Waals surface area (Å²) in [6.45, 7) is 0. The van der Waals surface area contributed by atoms with Crippen molar-refractivity contribution in [3.63, 3.8) is 0 Å². The molecule has 102 valence electrons. The van der Waals surface area contributed by atoms with Crippen LogP contribution in [-0.4, -0.2) is 56.2 Å². The van der Waals surface area contributed by atoms with Crippen LogP contribution in [-0.2, 0) is 9.53 Å². The largest absolute Gasteiger partial charge is 0.468 e. The quantitative estimate of drug-likeness (QED) is 0.590. The number of nitrogens with zero attached hydrogens (tertiary/aromatic N) is 3. The highest BCUT2D eigenvalue weighted by Gasteiger charge is 2.16. The lowest BCUT2D eigenvalue weighted by Crippen LogP contribution is -2.35. The second-order valence-corrected chi connectivity index (χ2v) is 6.04. The summed E-state index contributed by atoms with van der Waals surface area (Å²) in [5.74, 6) is 0.562. The zero-order valence-electron chi connectivity index (χ0n) is 11.0. The highest BCUT2D eigenvalue weighted by atomic mass is 32.2. The molecule has 1 N–H and O–H groups in total. The fourth-order valence-corrected chi connectivity index (χ4v) is 3.07. The van der Waals surface area contributed by atoms with Crippen LogP contribution in [0, 0.1) is 0 Å². The number of hydrogen-bond acceptors (Lipinski definition) is 8. The van der Waals surface area contributed by atoms with E-state index in [0.29, 0.717) is 6.42 Å². The molecule has 1 heterocycles. The molecule has 1 aromatic heterocycles. The van der Waals surface area contributed by atoms with Gasteiger partial charge < -0.3 is 15.0 Å². The van der Waals surface area contributed by atoms with Gasteiger partial charge in [0.1, 0.15) is 6.04 Å². The first-order chi connectivity index (χ1) is 8.58. The van der Waals surface area contributed by atoms with Gasteiger partial charge in [-0.25, -0.2) is 0 Å². The maximum Gasteiger partial charge on any atom is 0.322 e. The van der Waals surface area contributed by atoms with Gasteiger partial charge in [0.2, 0.25) is 5.13 Å². The lowest BCUT2D eigenvalue weighted by Gasteiger charge is -2.12. The van der Waals surface area contributed by atoms with Crippen LogP contribution in [0.2, 0.25) is 0 Å². The van der Waals surface area contributed by atoms with Crippen LogP contribution in [0.15, 0.2) is 4.34 Å². The Kier molecular flexibility index (Phi) is 6.37. The van der Waals surface area contributed by atoms with Gasteiger partial charge in [-0.3, -0.25) is 4.79 Å². The summed E-state index contributed by atoms with van der Waals surface area (Å²) < 4.78 is 5.61. The molecule has 0 aliphatic carbocycles. The van der Waals surface area contributed by atoms with E-state index in [9.17, 15) is 4.79 Å². The molecule has 1 rings (SSSR count). The average molecular weight is 290 g/mol. The number of aromatic nitrogens is 2. The van der Waals surface area contributed by atoms with Crippen molar-refractivity contribution in [2.24, 2.45) is 0 Å². The van der Waals surface area contributed by atoms with Crippen molar-refractivity contribution in [1.82, 2.24) is 15.5 Å². The maximum absolute atomic E-state index is 11.4. The lowest BCUT2D eigenvalue weighted by atomic mass is 10.2. The first kappa shape index (κ1) is 15.2. The number of ether oxygens (including phenoxy) is 1. The molecule has 0 amide bonds. The Morgan fingerprint density at radius 1 is 1.56 bits per heavy atom. The van der Waals surface area contributed by atoms with Gasteiger partial charge in [-0.05, 0) is 13.5 Å². The minimum absolute atomic E-state index is 0.232. The van der Waals surface area contributed by atoms with Crippen LogP contribution in [0.25, 0.3) is 0 Å². The average Bonchev–Trinajstić information content (AvgIpc) is 2.82. The first-order valence-electron chi connectivity index (χ1n) is 5.47. The molecular formula is C10H18N4O2S2. The Hall–Kier alpha value is -0.860. The number of carbonyl (C=O) groups is 1. The number of thioether (sulfide) groups is 1. The molecule has 0 aliphatic heterocycles. The van der Waals surface area contributed by atoms with Gasteiger partial charge in [-0.1, -0.05) is 23.1 Å². The number of likely N-dealkylation sites (N-methyl/N-ethyl adjacent to an activating group) is 1. The van der Waals surface area contributed by atoms with Gasteiger partial charge in [0.05, 0.1) is 7.11 Å². The molecule has 0 aliphatic rings. The molecule has 8 heteroatoms. The Bertz CT molecular complexity index is 384. The third-order valence-corrected chi connectivity index (χ3v) is 4.50. The van der Waals surface area contributed by atoms with Crippen molar-refractivity contribution < 1.29 is 9.53 Å². The normalized spacial score (nSPS) is 12.2. The van der Waals surface area contributed by atoms with Crippen molar-refractivity contribution in [3.8, 4) is 0 Å². The number of rotatable bonds is 7. The van der Waals surface area contributed by atoms with E-state index < -0.39 is 0 Å². The second-order valence-electron chi connectivity index (χ2n) is 3.75. The molecular weight excluding hydrogens is 272 g/mol. The number of methoxy groups -OCH3 is 1. The van der Waals surface area contributed by atoms with Crippen molar-refractivity contribution in [3.05, 3.63) is 0 Å². The number of hydrogen-bond donors (Lipinski definition) is 1. The van der Waals surface area contributed by atoms with Crippen molar-refractivity contribution >= 4 is 34.2 Å². The summed E-state index contributed by atoms with van der Waals surface area (Å²) >= 11 is 3.15. The SMILES string of the molecule is CNC(CCSc1nnc(N(C)C)s1)C(=O)OC.